The van der Waals surface area contributed by atoms with Gasteiger partial charge in [-0.05, 0) is 77.0 Å². The Bertz CT molecular complexity index is 1290. The standard InChI is InChI=1S/C59H101NO5/c1-4-7-10-13-16-19-22-25-28-30-32-35-38-41-44-47-50-55(65-59(64)52-49-46-43-40-37-34-31-29-26-23-20-17-14-11-8-5-2)53-58(63)60-56(54-61)57(62)51-48-45-42-39-36-33-27-24-21-18-15-12-9-6-3/h8,10-11,13,16-17,19-20,22,25-26,28-30,32,35,55-57,61-62H,4-7,9,12,14-15,18,21,23-24,27,31,33-34,36-54H2,1-3H3,(H,60,63)/b11-8+,13-10+,19-16+,20-17+,25-22+,29-26+,30-28+,35-32+. The van der Waals surface area contributed by atoms with Crippen molar-refractivity contribution in [2.75, 3.05) is 6.61 Å². The van der Waals surface area contributed by atoms with Crippen molar-refractivity contribution in [3.05, 3.63) is 97.2 Å². The molecule has 0 bridgehead atoms. The van der Waals surface area contributed by atoms with Gasteiger partial charge in [-0.1, -0.05) is 246 Å². The van der Waals surface area contributed by atoms with Crippen LogP contribution in [0.1, 0.15) is 239 Å². The quantitative estimate of drug-likeness (QED) is 0.0245. The zero-order valence-corrected chi connectivity index (χ0v) is 42.3. The number of nitrogens with one attached hydrogen (secondary N) is 1. The van der Waals surface area contributed by atoms with Crippen molar-refractivity contribution < 1.29 is 24.5 Å². The van der Waals surface area contributed by atoms with Crippen molar-refractivity contribution >= 4 is 11.9 Å². The third-order valence-electron chi connectivity index (χ3n) is 11.8. The second-order valence-electron chi connectivity index (χ2n) is 18.0. The van der Waals surface area contributed by atoms with E-state index < -0.39 is 18.2 Å². The summed E-state index contributed by atoms with van der Waals surface area (Å²) in [7, 11) is 0. The SMILES string of the molecule is CC/C=C/C/C=C/C/C=C/CCCCCCCCC(=O)OC(CCCCC/C=C/C=C/C=C/C=C/C=C/CCC)CC(=O)NC(CO)C(O)CCCCCCCCCCCCCCCC. The third-order valence-corrected chi connectivity index (χ3v) is 11.8. The van der Waals surface area contributed by atoms with Crippen LogP contribution in [0.5, 0.6) is 0 Å². The summed E-state index contributed by atoms with van der Waals surface area (Å²) in [6.45, 7) is 6.27. The highest BCUT2D eigenvalue weighted by molar-refractivity contribution is 5.77. The van der Waals surface area contributed by atoms with Gasteiger partial charge in [0.1, 0.15) is 6.10 Å². The van der Waals surface area contributed by atoms with E-state index in [9.17, 15) is 19.8 Å². The normalized spacial score (nSPS) is 14.0. The van der Waals surface area contributed by atoms with Gasteiger partial charge in [-0.25, -0.2) is 0 Å². The third kappa shape index (κ3) is 47.1. The molecule has 0 rings (SSSR count). The van der Waals surface area contributed by atoms with Crippen molar-refractivity contribution in [2.45, 2.75) is 257 Å². The summed E-state index contributed by atoms with van der Waals surface area (Å²) in [5.41, 5.74) is 0. The predicted octanol–water partition coefficient (Wildman–Crippen LogP) is 16.5. The van der Waals surface area contributed by atoms with Crippen molar-refractivity contribution in [1.29, 1.82) is 0 Å². The Morgan fingerprint density at radius 1 is 0.477 bits per heavy atom. The Labute approximate surface area is 401 Å². The van der Waals surface area contributed by atoms with Crippen LogP contribution in [0.25, 0.3) is 0 Å². The smallest absolute Gasteiger partial charge is 0.306 e. The van der Waals surface area contributed by atoms with E-state index in [0.29, 0.717) is 19.3 Å². The van der Waals surface area contributed by atoms with Crippen molar-refractivity contribution in [3.63, 3.8) is 0 Å². The molecule has 65 heavy (non-hydrogen) atoms. The zero-order chi connectivity index (χ0) is 47.4. The molecule has 0 radical (unpaired) electrons. The van der Waals surface area contributed by atoms with Crippen LogP contribution in [-0.4, -0.2) is 46.9 Å². The minimum Gasteiger partial charge on any atom is -0.462 e. The van der Waals surface area contributed by atoms with Gasteiger partial charge in [0, 0.05) is 6.42 Å². The highest BCUT2D eigenvalue weighted by Gasteiger charge is 2.24. The van der Waals surface area contributed by atoms with Gasteiger partial charge in [-0.3, -0.25) is 9.59 Å². The molecule has 372 valence electrons. The number of hydrogen-bond acceptors (Lipinski definition) is 5. The van der Waals surface area contributed by atoms with Crippen molar-refractivity contribution in [1.82, 2.24) is 5.32 Å². The van der Waals surface area contributed by atoms with Gasteiger partial charge in [-0.2, -0.15) is 0 Å². The molecular formula is C59H101NO5. The Morgan fingerprint density at radius 2 is 0.923 bits per heavy atom. The van der Waals surface area contributed by atoms with Crippen molar-refractivity contribution in [2.24, 2.45) is 0 Å². The molecule has 0 saturated heterocycles. The Kier molecular flexibility index (Phi) is 49.2. The van der Waals surface area contributed by atoms with Gasteiger partial charge in [0.05, 0.1) is 25.2 Å². The minimum atomic E-state index is -0.808. The molecule has 6 heteroatoms. The summed E-state index contributed by atoms with van der Waals surface area (Å²) in [5.74, 6) is -0.535. The maximum Gasteiger partial charge on any atom is 0.306 e. The van der Waals surface area contributed by atoms with Crippen LogP contribution in [0.3, 0.4) is 0 Å². The minimum absolute atomic E-state index is 0.0390. The molecule has 0 saturated carbocycles. The first kappa shape index (κ1) is 61.8. The molecule has 3 N–H and O–H groups in total. The summed E-state index contributed by atoms with van der Waals surface area (Å²) >= 11 is 0. The molecule has 3 atom stereocenters. The molecule has 0 aliphatic heterocycles. The summed E-state index contributed by atoms with van der Waals surface area (Å²) < 4.78 is 5.92. The van der Waals surface area contributed by atoms with E-state index in [1.54, 1.807) is 0 Å². The first-order valence-corrected chi connectivity index (χ1v) is 27.0. The van der Waals surface area contributed by atoms with E-state index in [1.165, 1.54) is 96.3 Å². The molecule has 1 amide bonds. The molecule has 6 nitrogen and oxygen atoms in total. The number of carbonyl (C=O) groups excluding carboxylic acids is 2. The molecular weight excluding hydrogens is 803 g/mol. The van der Waals surface area contributed by atoms with Crippen LogP contribution in [0, 0.1) is 0 Å². The Hall–Kier alpha value is -3.22. The van der Waals surface area contributed by atoms with Crippen LogP contribution in [-0.2, 0) is 14.3 Å². The first-order chi connectivity index (χ1) is 32.0. The van der Waals surface area contributed by atoms with Gasteiger partial charge in [0.25, 0.3) is 0 Å². The average Bonchev–Trinajstić information content (AvgIpc) is 3.30. The van der Waals surface area contributed by atoms with Gasteiger partial charge >= 0.3 is 5.97 Å². The molecule has 0 heterocycles. The van der Waals surface area contributed by atoms with E-state index in [1.807, 2.05) is 36.5 Å². The van der Waals surface area contributed by atoms with E-state index in [2.05, 4.69) is 86.8 Å². The lowest BCUT2D eigenvalue weighted by Crippen LogP contribution is -2.46. The first-order valence-electron chi connectivity index (χ1n) is 27.0. The fourth-order valence-corrected chi connectivity index (χ4v) is 7.71. The molecule has 0 aromatic heterocycles. The number of ether oxygens (including phenoxy) is 1. The molecule has 3 unspecified atom stereocenters. The molecule has 0 spiro atoms. The lowest BCUT2D eigenvalue weighted by Gasteiger charge is -2.24. The molecule has 0 aliphatic carbocycles. The molecule has 0 aromatic rings. The number of aliphatic hydroxyl groups excluding tert-OH is 2. The summed E-state index contributed by atoms with van der Waals surface area (Å²) in [4.78, 5) is 26.2. The number of allylic oxidation sites excluding steroid dienone is 16. The van der Waals surface area contributed by atoms with Crippen LogP contribution >= 0.6 is 0 Å². The number of amides is 1. The number of unbranched alkanes of at least 4 members (excludes halogenated alkanes) is 23. The van der Waals surface area contributed by atoms with E-state index >= 15 is 0 Å². The fourth-order valence-electron chi connectivity index (χ4n) is 7.71. The van der Waals surface area contributed by atoms with Gasteiger partial charge in [-0.15, -0.1) is 0 Å². The lowest BCUT2D eigenvalue weighted by atomic mass is 10.0. The fraction of sp³-hybridized carbons (Fsp3) is 0.695. The van der Waals surface area contributed by atoms with E-state index in [4.69, 9.17) is 4.74 Å². The molecule has 0 fully saturated rings. The van der Waals surface area contributed by atoms with Gasteiger partial charge in [0.15, 0.2) is 0 Å². The highest BCUT2D eigenvalue weighted by Crippen LogP contribution is 2.17. The van der Waals surface area contributed by atoms with E-state index in [0.717, 1.165) is 96.3 Å². The van der Waals surface area contributed by atoms with E-state index in [-0.39, 0.29) is 24.9 Å². The summed E-state index contributed by atoms with van der Waals surface area (Å²) in [6, 6.07) is -0.725. The maximum atomic E-state index is 13.2. The van der Waals surface area contributed by atoms with Crippen LogP contribution < -0.4 is 5.32 Å². The van der Waals surface area contributed by atoms with Gasteiger partial charge < -0.3 is 20.3 Å². The second-order valence-corrected chi connectivity index (χ2v) is 18.0. The number of esters is 1. The second kappa shape index (κ2) is 51.8. The summed E-state index contributed by atoms with van der Waals surface area (Å²) in [6.07, 6.45) is 68.9. The predicted molar refractivity (Wildman–Crippen MR) is 282 cm³/mol. The van der Waals surface area contributed by atoms with Crippen molar-refractivity contribution in [3.8, 4) is 0 Å². The number of rotatable bonds is 47. The van der Waals surface area contributed by atoms with Crippen LogP contribution in [0.2, 0.25) is 0 Å². The number of carbonyl (C=O) groups is 2. The highest BCUT2D eigenvalue weighted by atomic mass is 16.5. The van der Waals surface area contributed by atoms with Crippen LogP contribution in [0.15, 0.2) is 97.2 Å². The Balaban J connectivity index is 4.71. The monoisotopic (exact) mass is 904 g/mol. The largest absolute Gasteiger partial charge is 0.462 e. The maximum absolute atomic E-state index is 13.2. The number of hydrogen-bond donors (Lipinski definition) is 3. The lowest BCUT2D eigenvalue weighted by molar-refractivity contribution is -0.151. The zero-order valence-electron chi connectivity index (χ0n) is 42.3. The molecule has 0 aliphatic rings. The average molecular weight is 904 g/mol. The van der Waals surface area contributed by atoms with Crippen LogP contribution in [0.4, 0.5) is 0 Å². The summed E-state index contributed by atoms with van der Waals surface area (Å²) in [5, 5.41) is 23.8. The topological polar surface area (TPSA) is 95.9 Å². The molecule has 0 aromatic carbocycles. The van der Waals surface area contributed by atoms with Gasteiger partial charge in [0.2, 0.25) is 5.91 Å². The number of aliphatic hydroxyl groups is 2. The Morgan fingerprint density at radius 3 is 1.48 bits per heavy atom.